The molecule has 0 atom stereocenters. The molecule has 0 saturated carbocycles. The van der Waals surface area contributed by atoms with Crippen molar-refractivity contribution in [2.45, 2.75) is 46.6 Å². The van der Waals surface area contributed by atoms with Crippen molar-refractivity contribution in [2.24, 2.45) is 0 Å². The number of hydrogen-bond donors (Lipinski definition) is 0. The maximum Gasteiger partial charge on any atom is 0.255 e. The maximum atomic E-state index is 12.7. The number of benzene rings is 1. The monoisotopic (exact) mass is 294 g/mol. The topological polar surface area (TPSA) is 45.8 Å². The number of nitriles is 1. The molecule has 22 heavy (non-hydrogen) atoms. The smallest absolute Gasteiger partial charge is 0.255 e. The number of pyridine rings is 1. The Morgan fingerprint density at radius 3 is 2.64 bits per heavy atom. The van der Waals surface area contributed by atoms with Gasteiger partial charge in [-0.1, -0.05) is 37.1 Å². The second-order valence-electron chi connectivity index (χ2n) is 5.71. The highest BCUT2D eigenvalue weighted by molar-refractivity contribution is 5.65. The summed E-state index contributed by atoms with van der Waals surface area (Å²) in [6, 6.07) is 12.1. The van der Waals surface area contributed by atoms with Crippen LogP contribution in [0.5, 0.6) is 0 Å². The molecule has 0 amide bonds. The van der Waals surface area contributed by atoms with E-state index in [2.05, 4.69) is 45.0 Å². The lowest BCUT2D eigenvalue weighted by Gasteiger charge is -2.16. The van der Waals surface area contributed by atoms with Gasteiger partial charge >= 0.3 is 0 Å². The fourth-order valence-electron chi connectivity index (χ4n) is 2.63. The number of aryl methyl sites for hydroxylation is 2. The molecule has 0 bridgehead atoms. The van der Waals surface area contributed by atoms with Gasteiger partial charge in [0.15, 0.2) is 0 Å². The summed E-state index contributed by atoms with van der Waals surface area (Å²) >= 11 is 0. The van der Waals surface area contributed by atoms with Gasteiger partial charge in [0.05, 0.1) is 18.2 Å². The third-order valence-corrected chi connectivity index (χ3v) is 3.93. The highest BCUT2D eigenvalue weighted by Crippen LogP contribution is 2.24. The Hall–Kier alpha value is -2.34. The fourth-order valence-corrected chi connectivity index (χ4v) is 2.63. The Morgan fingerprint density at radius 1 is 1.18 bits per heavy atom. The Bertz CT molecular complexity index is 766. The van der Waals surface area contributed by atoms with Crippen LogP contribution < -0.4 is 5.56 Å². The van der Waals surface area contributed by atoms with Crippen LogP contribution in [0.4, 0.5) is 0 Å². The summed E-state index contributed by atoms with van der Waals surface area (Å²) in [7, 11) is 0. The van der Waals surface area contributed by atoms with E-state index in [9.17, 15) is 4.79 Å². The third kappa shape index (κ3) is 3.28. The van der Waals surface area contributed by atoms with Crippen molar-refractivity contribution >= 4 is 0 Å². The lowest BCUT2D eigenvalue weighted by Crippen LogP contribution is -2.25. The van der Waals surface area contributed by atoms with E-state index in [-0.39, 0.29) is 12.0 Å². The molecule has 0 unspecified atom stereocenters. The number of aromatic nitrogens is 1. The fraction of sp³-hybridized carbons (Fsp3) is 0.368. The van der Waals surface area contributed by atoms with Gasteiger partial charge in [0, 0.05) is 17.7 Å². The van der Waals surface area contributed by atoms with Gasteiger partial charge in [0.2, 0.25) is 0 Å². The van der Waals surface area contributed by atoms with E-state index in [0.29, 0.717) is 12.1 Å². The molecule has 1 aromatic carbocycles. The molecule has 114 valence electrons. The standard InChI is InChI=1S/C19H22N2O/c1-4-5-12-21-18(9-8-16(10-11-20)19(21)22)17-13-14(2)6-7-15(17)3/h6-9,13H,4-5,10,12H2,1-3H3. The lowest BCUT2D eigenvalue weighted by molar-refractivity contribution is 0.615. The van der Waals surface area contributed by atoms with E-state index in [4.69, 9.17) is 5.26 Å². The zero-order valence-electron chi connectivity index (χ0n) is 13.5. The first-order valence-corrected chi connectivity index (χ1v) is 7.75. The number of hydrogen-bond acceptors (Lipinski definition) is 2. The zero-order chi connectivity index (χ0) is 16.1. The lowest BCUT2D eigenvalue weighted by atomic mass is 10.0. The van der Waals surface area contributed by atoms with Crippen LogP contribution in [0.2, 0.25) is 0 Å². The van der Waals surface area contributed by atoms with E-state index in [1.807, 2.05) is 10.6 Å². The second kappa shape index (κ2) is 7.09. The van der Waals surface area contributed by atoms with Gasteiger partial charge in [-0.05, 0) is 38.0 Å². The first-order chi connectivity index (χ1) is 10.6. The molecule has 1 heterocycles. The van der Waals surface area contributed by atoms with Crippen LogP contribution in [-0.4, -0.2) is 4.57 Å². The number of nitrogens with zero attached hydrogens (tertiary/aromatic N) is 2. The first-order valence-electron chi connectivity index (χ1n) is 7.75. The van der Waals surface area contributed by atoms with Crippen LogP contribution in [-0.2, 0) is 13.0 Å². The van der Waals surface area contributed by atoms with E-state index >= 15 is 0 Å². The van der Waals surface area contributed by atoms with Crippen LogP contribution >= 0.6 is 0 Å². The summed E-state index contributed by atoms with van der Waals surface area (Å²) in [6.07, 6.45) is 2.15. The minimum Gasteiger partial charge on any atom is -0.308 e. The summed E-state index contributed by atoms with van der Waals surface area (Å²) in [5, 5.41) is 8.88. The molecule has 0 aliphatic rings. The van der Waals surface area contributed by atoms with Gasteiger partial charge < -0.3 is 4.57 Å². The summed E-state index contributed by atoms with van der Waals surface area (Å²) < 4.78 is 1.83. The van der Waals surface area contributed by atoms with Crippen LogP contribution in [0.1, 0.15) is 36.5 Å². The Labute approximate surface area is 131 Å². The van der Waals surface area contributed by atoms with E-state index < -0.39 is 0 Å². The second-order valence-corrected chi connectivity index (χ2v) is 5.71. The van der Waals surface area contributed by atoms with E-state index in [1.165, 1.54) is 5.56 Å². The van der Waals surface area contributed by atoms with Crippen molar-refractivity contribution in [1.82, 2.24) is 4.57 Å². The third-order valence-electron chi connectivity index (χ3n) is 3.93. The van der Waals surface area contributed by atoms with Gasteiger partial charge in [0.1, 0.15) is 0 Å². The molecule has 0 aliphatic carbocycles. The average molecular weight is 294 g/mol. The number of rotatable bonds is 5. The van der Waals surface area contributed by atoms with Gasteiger partial charge in [-0.15, -0.1) is 0 Å². The van der Waals surface area contributed by atoms with E-state index in [1.54, 1.807) is 6.07 Å². The molecular formula is C19H22N2O. The molecule has 3 nitrogen and oxygen atoms in total. The molecule has 0 aliphatic heterocycles. The summed E-state index contributed by atoms with van der Waals surface area (Å²) in [5.74, 6) is 0. The quantitative estimate of drug-likeness (QED) is 0.836. The van der Waals surface area contributed by atoms with Gasteiger partial charge in [-0.2, -0.15) is 5.26 Å². The molecule has 2 rings (SSSR count). The summed E-state index contributed by atoms with van der Waals surface area (Å²) in [4.78, 5) is 12.7. The molecule has 0 fully saturated rings. The Morgan fingerprint density at radius 2 is 1.95 bits per heavy atom. The molecule has 0 spiro atoms. The van der Waals surface area contributed by atoms with Crippen LogP contribution in [0.3, 0.4) is 0 Å². The molecule has 2 aromatic rings. The molecule has 0 N–H and O–H groups in total. The van der Waals surface area contributed by atoms with Crippen LogP contribution in [0.15, 0.2) is 35.1 Å². The van der Waals surface area contributed by atoms with Gasteiger partial charge in [-0.25, -0.2) is 0 Å². The molecule has 3 heteroatoms. The normalized spacial score (nSPS) is 10.5. The van der Waals surface area contributed by atoms with Crippen molar-refractivity contribution in [3.05, 3.63) is 57.4 Å². The first kappa shape index (κ1) is 16.0. The Balaban J connectivity index is 2.64. The highest BCUT2D eigenvalue weighted by Gasteiger charge is 2.12. The van der Waals surface area contributed by atoms with Crippen molar-refractivity contribution in [3.8, 4) is 17.3 Å². The van der Waals surface area contributed by atoms with Crippen LogP contribution in [0, 0.1) is 25.2 Å². The summed E-state index contributed by atoms with van der Waals surface area (Å²) in [5.41, 5.74) is 4.92. The van der Waals surface area contributed by atoms with Crippen LogP contribution in [0.25, 0.3) is 11.3 Å². The highest BCUT2D eigenvalue weighted by atomic mass is 16.1. The summed E-state index contributed by atoms with van der Waals surface area (Å²) in [6.45, 7) is 6.92. The average Bonchev–Trinajstić information content (AvgIpc) is 2.51. The molecule has 0 radical (unpaired) electrons. The molecule has 1 aromatic heterocycles. The zero-order valence-corrected chi connectivity index (χ0v) is 13.5. The van der Waals surface area contributed by atoms with Crippen molar-refractivity contribution in [1.29, 1.82) is 5.26 Å². The largest absolute Gasteiger partial charge is 0.308 e. The predicted molar refractivity (Wildman–Crippen MR) is 89.8 cm³/mol. The Kier molecular flexibility index (Phi) is 5.16. The van der Waals surface area contributed by atoms with Gasteiger partial charge in [-0.3, -0.25) is 4.79 Å². The maximum absolute atomic E-state index is 12.7. The SMILES string of the molecule is CCCCn1c(-c2cc(C)ccc2C)ccc(CC#N)c1=O. The predicted octanol–water partition coefficient (Wildman–Crippen LogP) is 4.00. The molecular weight excluding hydrogens is 272 g/mol. The molecule has 0 saturated heterocycles. The van der Waals surface area contributed by atoms with Gasteiger partial charge in [0.25, 0.3) is 5.56 Å². The van der Waals surface area contributed by atoms with E-state index in [0.717, 1.165) is 29.7 Å². The minimum atomic E-state index is -0.0339. The van der Waals surface area contributed by atoms with Crippen molar-refractivity contribution < 1.29 is 0 Å². The van der Waals surface area contributed by atoms with Crippen molar-refractivity contribution in [3.63, 3.8) is 0 Å². The number of unbranched alkanes of at least 4 members (excludes halogenated alkanes) is 1. The minimum absolute atomic E-state index is 0.0339. The van der Waals surface area contributed by atoms with Crippen molar-refractivity contribution in [2.75, 3.05) is 0 Å².